The second-order valence-corrected chi connectivity index (χ2v) is 9.99. The highest BCUT2D eigenvalue weighted by atomic mass is 19.4. The maximum Gasteiger partial charge on any atom is 0.418 e. The molecule has 3 aliphatic rings. The summed E-state index contributed by atoms with van der Waals surface area (Å²) in [4.78, 5) is 30.2. The van der Waals surface area contributed by atoms with E-state index in [4.69, 9.17) is 4.74 Å². The van der Waals surface area contributed by atoms with E-state index < -0.39 is 40.7 Å². The molecule has 0 aromatic carbocycles. The Balaban J connectivity index is 1.28. The van der Waals surface area contributed by atoms with Gasteiger partial charge in [0.05, 0.1) is 40.5 Å². The number of halogens is 6. The van der Waals surface area contributed by atoms with Crippen LogP contribution < -0.4 is 9.64 Å². The van der Waals surface area contributed by atoms with Crippen LogP contribution in [0, 0.1) is 0 Å². The van der Waals surface area contributed by atoms with Gasteiger partial charge in [-0.1, -0.05) is 6.58 Å². The zero-order valence-electron chi connectivity index (χ0n) is 19.7. The van der Waals surface area contributed by atoms with Crippen molar-refractivity contribution in [2.75, 3.05) is 11.4 Å². The number of rotatable bonds is 4. The van der Waals surface area contributed by atoms with Crippen molar-refractivity contribution < 1.29 is 35.9 Å². The number of hydrogen-bond donors (Lipinski definition) is 1. The zero-order chi connectivity index (χ0) is 27.1. The number of nitrogens with zero attached hydrogens (tertiary/aromatic N) is 5. The second kappa shape index (κ2) is 7.84. The Bertz CT molecular complexity index is 1460. The lowest BCUT2D eigenvalue weighted by Gasteiger charge is -2.36. The molecule has 0 spiro atoms. The van der Waals surface area contributed by atoms with Gasteiger partial charge in [0, 0.05) is 24.5 Å². The highest BCUT2D eigenvalue weighted by molar-refractivity contribution is 5.97. The van der Waals surface area contributed by atoms with E-state index in [1.54, 1.807) is 0 Å². The quantitative estimate of drug-likeness (QED) is 0.432. The molecule has 3 aromatic heterocycles. The smallest absolute Gasteiger partial charge is 0.418 e. The maximum absolute atomic E-state index is 13.6. The van der Waals surface area contributed by atoms with Crippen molar-refractivity contribution in [1.82, 2.24) is 24.8 Å². The van der Waals surface area contributed by atoms with Crippen LogP contribution in [-0.4, -0.2) is 48.6 Å². The van der Waals surface area contributed by atoms with Crippen LogP contribution in [0.15, 0.2) is 43.3 Å². The normalized spacial score (nSPS) is 25.7. The van der Waals surface area contributed by atoms with E-state index in [2.05, 4.69) is 26.5 Å². The summed E-state index contributed by atoms with van der Waals surface area (Å²) < 4.78 is 86.6. The minimum Gasteiger partial charge on any atom is -0.470 e. The van der Waals surface area contributed by atoms with Gasteiger partial charge in [-0.15, -0.1) is 0 Å². The molecule has 4 heterocycles. The summed E-state index contributed by atoms with van der Waals surface area (Å²) >= 11 is 0. The van der Waals surface area contributed by atoms with E-state index in [0.717, 1.165) is 18.6 Å². The van der Waals surface area contributed by atoms with Gasteiger partial charge in [-0.2, -0.15) is 26.3 Å². The van der Waals surface area contributed by atoms with Crippen LogP contribution >= 0.6 is 0 Å². The molecule has 3 fully saturated rings. The summed E-state index contributed by atoms with van der Waals surface area (Å²) in [5.41, 5.74) is -3.09. The van der Waals surface area contributed by atoms with Gasteiger partial charge in [-0.05, 0) is 31.7 Å². The maximum atomic E-state index is 13.6. The molecule has 3 aromatic rings. The summed E-state index contributed by atoms with van der Waals surface area (Å²) in [5.74, 6) is -0.190. The number of amides is 2. The molecule has 6 rings (SSSR count). The number of aromatic nitrogens is 4. The molecule has 8 nitrogen and oxygen atoms in total. The van der Waals surface area contributed by atoms with Crippen LogP contribution in [-0.2, 0) is 12.4 Å². The number of ether oxygens (including phenoxy) is 1. The van der Waals surface area contributed by atoms with Gasteiger partial charge in [0.2, 0.25) is 5.88 Å². The molecular formula is C24H20F6N6O2. The summed E-state index contributed by atoms with van der Waals surface area (Å²) in [7, 11) is 0. The van der Waals surface area contributed by atoms with Gasteiger partial charge in [0.25, 0.3) is 0 Å². The molecule has 2 aliphatic carbocycles. The Kier molecular flexibility index (Phi) is 5.05. The van der Waals surface area contributed by atoms with Crippen molar-refractivity contribution >= 4 is 22.8 Å². The van der Waals surface area contributed by atoms with E-state index in [0.29, 0.717) is 44.0 Å². The molecule has 14 heteroatoms. The summed E-state index contributed by atoms with van der Waals surface area (Å²) in [6.07, 6.45) is -3.25. The van der Waals surface area contributed by atoms with E-state index >= 15 is 0 Å². The topological polar surface area (TPSA) is 87.2 Å². The highest BCUT2D eigenvalue weighted by Crippen LogP contribution is 2.57. The van der Waals surface area contributed by atoms with Gasteiger partial charge >= 0.3 is 18.4 Å². The monoisotopic (exact) mass is 538 g/mol. The van der Waals surface area contributed by atoms with Crippen LogP contribution in [0.3, 0.4) is 0 Å². The first kappa shape index (κ1) is 24.5. The Morgan fingerprint density at radius 2 is 1.76 bits per heavy atom. The van der Waals surface area contributed by atoms with Gasteiger partial charge in [0.1, 0.15) is 17.6 Å². The molecular weight excluding hydrogens is 518 g/mol. The van der Waals surface area contributed by atoms with Crippen molar-refractivity contribution in [3.8, 4) is 5.88 Å². The number of aromatic amines is 1. The molecule has 1 aliphatic heterocycles. The third kappa shape index (κ3) is 3.68. The van der Waals surface area contributed by atoms with Crippen LogP contribution in [0.1, 0.15) is 43.2 Å². The lowest BCUT2D eigenvalue weighted by molar-refractivity contribution is -0.138. The predicted molar refractivity (Wildman–Crippen MR) is 121 cm³/mol. The number of urea groups is 1. The lowest BCUT2D eigenvalue weighted by atomic mass is 9.91. The van der Waals surface area contributed by atoms with Crippen molar-refractivity contribution in [3.63, 3.8) is 0 Å². The Morgan fingerprint density at radius 1 is 1.03 bits per heavy atom. The minimum absolute atomic E-state index is 0.00102. The van der Waals surface area contributed by atoms with Gasteiger partial charge in [-0.25, -0.2) is 14.8 Å². The zero-order valence-corrected chi connectivity index (χ0v) is 19.7. The number of anilines is 1. The standard InChI is InChI=1S/C24H20F6N6O2/c1-13-10-35(15-6-14(7-31-8-15)23(25,26)27)20(37)36(13)21-2-4-22(11-21,5-3-21)38-19-17-16(24(28,29)30)9-32-18(17)33-12-34-19/h6-9,12H,1-5,10-11H2,(H,32,33,34). The lowest BCUT2D eigenvalue weighted by Crippen LogP contribution is -2.47. The first-order chi connectivity index (χ1) is 17.8. The predicted octanol–water partition coefficient (Wildman–Crippen LogP) is 5.68. The molecule has 0 radical (unpaired) electrons. The highest BCUT2D eigenvalue weighted by Gasteiger charge is 2.62. The first-order valence-corrected chi connectivity index (χ1v) is 11.7. The van der Waals surface area contributed by atoms with E-state index in [9.17, 15) is 31.1 Å². The van der Waals surface area contributed by atoms with Crippen molar-refractivity contribution in [3.05, 3.63) is 54.4 Å². The van der Waals surface area contributed by atoms with Crippen molar-refractivity contribution in [2.45, 2.75) is 55.6 Å². The van der Waals surface area contributed by atoms with Gasteiger partial charge in [0.15, 0.2) is 0 Å². The molecule has 38 heavy (non-hydrogen) atoms. The molecule has 1 N–H and O–H groups in total. The number of fused-ring (bicyclic) bond motifs is 3. The molecule has 0 atom stereocenters. The number of pyridine rings is 1. The summed E-state index contributed by atoms with van der Waals surface area (Å²) in [6, 6.07) is 0.342. The molecule has 200 valence electrons. The average Bonchev–Trinajstić information content (AvgIpc) is 3.59. The number of nitrogens with one attached hydrogen (secondary N) is 1. The van der Waals surface area contributed by atoms with Crippen molar-refractivity contribution in [2.24, 2.45) is 0 Å². The van der Waals surface area contributed by atoms with Crippen molar-refractivity contribution in [1.29, 1.82) is 0 Å². The summed E-state index contributed by atoms with van der Waals surface area (Å²) in [6.45, 7) is 3.99. The molecule has 0 unspecified atom stereocenters. The Labute approximate surface area is 211 Å². The van der Waals surface area contributed by atoms with Gasteiger partial charge < -0.3 is 9.72 Å². The Hall–Kier alpha value is -3.84. The van der Waals surface area contributed by atoms with E-state index in [1.165, 1.54) is 16.0 Å². The third-order valence-corrected chi connectivity index (χ3v) is 7.71. The third-order valence-electron chi connectivity index (χ3n) is 7.71. The summed E-state index contributed by atoms with van der Waals surface area (Å²) in [5, 5.41) is -0.261. The van der Waals surface area contributed by atoms with Crippen LogP contribution in [0.4, 0.5) is 36.8 Å². The van der Waals surface area contributed by atoms with Gasteiger partial charge in [-0.3, -0.25) is 14.8 Å². The number of carbonyl (C=O) groups is 1. The fourth-order valence-electron chi connectivity index (χ4n) is 6.05. The number of hydrogen-bond acceptors (Lipinski definition) is 5. The fraction of sp³-hybridized carbons (Fsp3) is 0.417. The average molecular weight is 538 g/mol. The number of alkyl halides is 6. The fourth-order valence-corrected chi connectivity index (χ4v) is 6.05. The number of H-pyrrole nitrogens is 1. The van der Waals surface area contributed by atoms with E-state index in [-0.39, 0.29) is 29.1 Å². The second-order valence-electron chi connectivity index (χ2n) is 9.99. The minimum atomic E-state index is -4.64. The Morgan fingerprint density at radius 3 is 2.45 bits per heavy atom. The molecule has 2 saturated carbocycles. The van der Waals surface area contributed by atoms with Crippen LogP contribution in [0.25, 0.3) is 11.0 Å². The SMILES string of the molecule is C=C1CN(c2cncc(C(F)(F)F)c2)C(=O)N1C12CCC(Oc3ncnc4[nH]cc(C(F)(F)F)c34)(CC1)C2. The largest absolute Gasteiger partial charge is 0.470 e. The first-order valence-electron chi connectivity index (χ1n) is 11.7. The molecule has 2 bridgehead atoms. The van der Waals surface area contributed by atoms with Crippen LogP contribution in [0.5, 0.6) is 5.88 Å². The molecule has 1 saturated heterocycles. The van der Waals surface area contributed by atoms with Crippen LogP contribution in [0.2, 0.25) is 0 Å². The molecule has 2 amide bonds. The van der Waals surface area contributed by atoms with E-state index in [1.807, 2.05) is 0 Å². The number of carbonyl (C=O) groups excluding carboxylic acids is 1.